The monoisotopic (exact) mass is 311 g/mol. The normalized spacial score (nSPS) is 23.7. The van der Waals surface area contributed by atoms with E-state index in [9.17, 15) is 4.79 Å². The van der Waals surface area contributed by atoms with E-state index < -0.39 is 0 Å². The van der Waals surface area contributed by atoms with Crippen molar-refractivity contribution in [3.63, 3.8) is 0 Å². The Bertz CT molecular complexity index is 467. The van der Waals surface area contributed by atoms with Crippen molar-refractivity contribution in [1.82, 2.24) is 14.8 Å². The molecule has 2 fully saturated rings. The number of nitrogens with zero attached hydrogens (tertiary/aromatic N) is 2. The molecule has 1 saturated carbocycles. The maximum absolute atomic E-state index is 12.5. The van der Waals surface area contributed by atoms with Gasteiger partial charge < -0.3 is 14.8 Å². The van der Waals surface area contributed by atoms with Crippen LogP contribution in [0.25, 0.3) is 0 Å². The zero-order chi connectivity index (χ0) is 12.7. The molecule has 18 heavy (non-hydrogen) atoms. The fraction of sp³-hybridized carbons (Fsp3) is 0.615. The zero-order valence-electron chi connectivity index (χ0n) is 10.5. The first-order valence-corrected chi connectivity index (χ1v) is 7.32. The summed E-state index contributed by atoms with van der Waals surface area (Å²) in [6.45, 7) is 1.68. The van der Waals surface area contributed by atoms with Crippen molar-refractivity contribution < 1.29 is 4.79 Å². The van der Waals surface area contributed by atoms with E-state index in [4.69, 9.17) is 0 Å². The van der Waals surface area contributed by atoms with Crippen molar-refractivity contribution in [3.05, 3.63) is 22.4 Å². The lowest BCUT2D eigenvalue weighted by Crippen LogP contribution is -2.34. The average Bonchev–Trinajstić information content (AvgIpc) is 2.97. The van der Waals surface area contributed by atoms with Gasteiger partial charge in [0, 0.05) is 35.8 Å². The number of likely N-dealkylation sites (N-methyl/N-ethyl adjacent to an activating group) is 1. The van der Waals surface area contributed by atoms with Crippen LogP contribution >= 0.6 is 15.9 Å². The molecule has 1 atom stereocenters. The van der Waals surface area contributed by atoms with Crippen LogP contribution in [0.4, 0.5) is 0 Å². The van der Waals surface area contributed by atoms with E-state index in [0.29, 0.717) is 12.1 Å². The molecule has 5 heteroatoms. The van der Waals surface area contributed by atoms with Crippen molar-refractivity contribution in [2.75, 3.05) is 20.1 Å². The predicted octanol–water partition coefficient (Wildman–Crippen LogP) is 2.02. The van der Waals surface area contributed by atoms with Gasteiger partial charge in [-0.05, 0) is 48.3 Å². The second kappa shape index (κ2) is 4.70. The van der Waals surface area contributed by atoms with Crippen LogP contribution < -0.4 is 5.32 Å². The third-order valence-electron chi connectivity index (χ3n) is 3.86. The molecule has 0 spiro atoms. The van der Waals surface area contributed by atoms with Gasteiger partial charge in [0.2, 0.25) is 0 Å². The summed E-state index contributed by atoms with van der Waals surface area (Å²) < 4.78 is 3.14. The number of aromatic nitrogens is 1. The molecule has 1 saturated heterocycles. The number of halogens is 1. The van der Waals surface area contributed by atoms with Gasteiger partial charge in [-0.15, -0.1) is 0 Å². The van der Waals surface area contributed by atoms with Crippen LogP contribution in [0.3, 0.4) is 0 Å². The summed E-state index contributed by atoms with van der Waals surface area (Å²) in [4.78, 5) is 14.5. The summed E-state index contributed by atoms with van der Waals surface area (Å²) in [5.74, 6) is 0.172. The molecule has 1 aromatic rings. The Morgan fingerprint density at radius 2 is 2.22 bits per heavy atom. The molecule has 1 amide bonds. The van der Waals surface area contributed by atoms with Gasteiger partial charge in [-0.3, -0.25) is 4.79 Å². The SMILES string of the molecule is CNC1CCN(C(=O)c2cc(Br)cn2C2CC2)C1. The summed E-state index contributed by atoms with van der Waals surface area (Å²) in [5, 5.41) is 3.25. The molecule has 1 N–H and O–H groups in total. The molecule has 3 rings (SSSR count). The van der Waals surface area contributed by atoms with Gasteiger partial charge in [0.1, 0.15) is 5.69 Å². The first-order valence-electron chi connectivity index (χ1n) is 6.53. The van der Waals surface area contributed by atoms with Crippen molar-refractivity contribution >= 4 is 21.8 Å². The highest BCUT2D eigenvalue weighted by atomic mass is 79.9. The Hall–Kier alpha value is -0.810. The maximum atomic E-state index is 12.5. The van der Waals surface area contributed by atoms with Gasteiger partial charge in [-0.2, -0.15) is 0 Å². The molecular formula is C13H18BrN3O. The Balaban J connectivity index is 1.80. The van der Waals surface area contributed by atoms with Crippen molar-refractivity contribution in [1.29, 1.82) is 0 Å². The fourth-order valence-electron chi connectivity index (χ4n) is 2.61. The van der Waals surface area contributed by atoms with E-state index in [1.165, 1.54) is 12.8 Å². The Labute approximate surface area is 115 Å². The average molecular weight is 312 g/mol. The minimum absolute atomic E-state index is 0.172. The molecule has 98 valence electrons. The molecule has 0 aromatic carbocycles. The Kier molecular flexibility index (Phi) is 3.20. The fourth-order valence-corrected chi connectivity index (χ4v) is 3.05. The topological polar surface area (TPSA) is 37.3 Å². The minimum Gasteiger partial charge on any atom is -0.339 e. The van der Waals surface area contributed by atoms with Crippen molar-refractivity contribution in [3.8, 4) is 0 Å². The summed E-state index contributed by atoms with van der Waals surface area (Å²) in [6, 6.07) is 2.94. The number of nitrogens with one attached hydrogen (secondary N) is 1. The molecule has 1 aromatic heterocycles. The molecule has 0 bridgehead atoms. The number of hydrogen-bond acceptors (Lipinski definition) is 2. The van der Waals surface area contributed by atoms with Crippen LogP contribution in [0.1, 0.15) is 35.8 Å². The maximum Gasteiger partial charge on any atom is 0.270 e. The second-order valence-corrected chi connectivity index (χ2v) is 6.12. The van der Waals surface area contributed by atoms with Crippen LogP contribution in [-0.4, -0.2) is 41.6 Å². The lowest BCUT2D eigenvalue weighted by molar-refractivity contribution is 0.0779. The van der Waals surface area contributed by atoms with E-state index >= 15 is 0 Å². The van der Waals surface area contributed by atoms with Gasteiger partial charge >= 0.3 is 0 Å². The number of amides is 1. The third-order valence-corrected chi connectivity index (χ3v) is 4.29. The summed E-state index contributed by atoms with van der Waals surface area (Å²) >= 11 is 3.48. The van der Waals surface area contributed by atoms with Gasteiger partial charge in [-0.25, -0.2) is 0 Å². The first-order chi connectivity index (χ1) is 8.69. The molecule has 2 heterocycles. The van der Waals surface area contributed by atoms with E-state index in [1.807, 2.05) is 24.2 Å². The number of carbonyl (C=O) groups is 1. The van der Waals surface area contributed by atoms with E-state index in [2.05, 4.69) is 25.8 Å². The number of likely N-dealkylation sites (tertiary alicyclic amines) is 1. The van der Waals surface area contributed by atoms with E-state index in [0.717, 1.165) is 29.7 Å². The van der Waals surface area contributed by atoms with Crippen LogP contribution in [0, 0.1) is 0 Å². The highest BCUT2D eigenvalue weighted by Crippen LogP contribution is 2.37. The van der Waals surface area contributed by atoms with Gasteiger partial charge in [-0.1, -0.05) is 0 Å². The zero-order valence-corrected chi connectivity index (χ0v) is 12.1. The lowest BCUT2D eigenvalue weighted by atomic mass is 10.3. The first kappa shape index (κ1) is 12.2. The smallest absolute Gasteiger partial charge is 0.270 e. The largest absolute Gasteiger partial charge is 0.339 e. The van der Waals surface area contributed by atoms with Gasteiger partial charge in [0.05, 0.1) is 0 Å². The quantitative estimate of drug-likeness (QED) is 0.927. The highest BCUT2D eigenvalue weighted by molar-refractivity contribution is 9.10. The molecule has 1 aliphatic carbocycles. The van der Waals surface area contributed by atoms with Crippen molar-refractivity contribution in [2.24, 2.45) is 0 Å². The van der Waals surface area contributed by atoms with E-state index in [1.54, 1.807) is 0 Å². The number of carbonyl (C=O) groups excluding carboxylic acids is 1. The summed E-state index contributed by atoms with van der Waals surface area (Å²) in [6.07, 6.45) is 5.48. The Morgan fingerprint density at radius 3 is 2.83 bits per heavy atom. The lowest BCUT2D eigenvalue weighted by Gasteiger charge is -2.17. The second-order valence-electron chi connectivity index (χ2n) is 5.21. The molecule has 2 aliphatic rings. The van der Waals surface area contributed by atoms with Crippen LogP contribution in [-0.2, 0) is 0 Å². The van der Waals surface area contributed by atoms with Gasteiger partial charge in [0.25, 0.3) is 5.91 Å². The van der Waals surface area contributed by atoms with Crippen LogP contribution in [0.15, 0.2) is 16.7 Å². The Morgan fingerprint density at radius 1 is 1.44 bits per heavy atom. The van der Waals surface area contributed by atoms with Crippen LogP contribution in [0.5, 0.6) is 0 Å². The van der Waals surface area contributed by atoms with Gasteiger partial charge in [0.15, 0.2) is 0 Å². The van der Waals surface area contributed by atoms with Crippen LogP contribution in [0.2, 0.25) is 0 Å². The molecular weight excluding hydrogens is 294 g/mol. The van der Waals surface area contributed by atoms with E-state index in [-0.39, 0.29) is 5.91 Å². The molecule has 1 unspecified atom stereocenters. The van der Waals surface area contributed by atoms with Crippen molar-refractivity contribution in [2.45, 2.75) is 31.3 Å². The minimum atomic E-state index is 0.172. The molecule has 1 aliphatic heterocycles. The predicted molar refractivity (Wildman–Crippen MR) is 73.8 cm³/mol. The molecule has 0 radical (unpaired) electrons. The standard InChI is InChI=1S/C13H18BrN3O/c1-15-10-4-5-16(8-10)13(18)12-6-9(14)7-17(12)11-2-3-11/h6-7,10-11,15H,2-5,8H2,1H3. The highest BCUT2D eigenvalue weighted by Gasteiger charge is 2.32. The number of rotatable bonds is 3. The summed E-state index contributed by atoms with van der Waals surface area (Å²) in [7, 11) is 1.96. The molecule has 4 nitrogen and oxygen atoms in total. The number of hydrogen-bond donors (Lipinski definition) is 1. The third kappa shape index (κ3) is 2.21. The summed E-state index contributed by atoms with van der Waals surface area (Å²) in [5.41, 5.74) is 0.834.